The van der Waals surface area contributed by atoms with Crippen LogP contribution in [0.2, 0.25) is 0 Å². The maximum absolute atomic E-state index is 6.26. The Morgan fingerprint density at radius 3 is 2.69 bits per heavy atom. The van der Waals surface area contributed by atoms with E-state index in [1.54, 1.807) is 6.33 Å². The van der Waals surface area contributed by atoms with Gasteiger partial charge in [-0.2, -0.15) is 0 Å². The molecule has 2 N–H and O–H groups in total. The van der Waals surface area contributed by atoms with Crippen LogP contribution in [0.1, 0.15) is 11.6 Å². The van der Waals surface area contributed by atoms with Gasteiger partial charge in [0.2, 0.25) is 0 Å². The van der Waals surface area contributed by atoms with Crippen molar-refractivity contribution in [3.8, 4) is 16.9 Å². The number of likely N-dealkylation sites (tertiary alicyclic amines) is 1. The molecular formula is C23H23N5O. The summed E-state index contributed by atoms with van der Waals surface area (Å²) in [6, 6.07) is 18.7. The number of anilines is 1. The third kappa shape index (κ3) is 3.32. The van der Waals surface area contributed by atoms with Gasteiger partial charge in [0.15, 0.2) is 0 Å². The average molecular weight is 385 g/mol. The monoisotopic (exact) mass is 385 g/mol. The maximum atomic E-state index is 6.26. The first-order valence-electron chi connectivity index (χ1n) is 9.76. The number of aromatic nitrogens is 3. The van der Waals surface area contributed by atoms with Crippen molar-refractivity contribution >= 4 is 16.9 Å². The molecule has 0 amide bonds. The summed E-state index contributed by atoms with van der Waals surface area (Å²) in [5.41, 5.74) is 10.4. The summed E-state index contributed by atoms with van der Waals surface area (Å²) in [6.45, 7) is 2.55. The molecule has 0 unspecified atom stereocenters. The van der Waals surface area contributed by atoms with E-state index in [0.717, 1.165) is 46.6 Å². The van der Waals surface area contributed by atoms with E-state index in [0.29, 0.717) is 18.5 Å². The molecule has 1 fully saturated rings. The Kier molecular flexibility index (Phi) is 4.41. The molecule has 1 aliphatic heterocycles. The second-order valence-corrected chi connectivity index (χ2v) is 7.58. The van der Waals surface area contributed by atoms with Crippen molar-refractivity contribution in [1.29, 1.82) is 0 Å². The quantitative estimate of drug-likeness (QED) is 0.567. The minimum absolute atomic E-state index is 0.406. The van der Waals surface area contributed by atoms with Gasteiger partial charge in [-0.05, 0) is 30.3 Å². The van der Waals surface area contributed by atoms with E-state index in [4.69, 9.17) is 10.5 Å². The zero-order chi connectivity index (χ0) is 19.8. The van der Waals surface area contributed by atoms with Gasteiger partial charge in [0, 0.05) is 24.8 Å². The molecular weight excluding hydrogens is 362 g/mol. The normalized spacial score (nSPS) is 14.8. The Morgan fingerprint density at radius 2 is 1.90 bits per heavy atom. The summed E-state index contributed by atoms with van der Waals surface area (Å²) in [5, 5.41) is 0.905. The van der Waals surface area contributed by atoms with Gasteiger partial charge in [-0.15, -0.1) is 0 Å². The van der Waals surface area contributed by atoms with Crippen LogP contribution < -0.4 is 10.5 Å². The minimum Gasteiger partial charge on any atom is -0.489 e. The molecule has 2 aromatic heterocycles. The van der Waals surface area contributed by atoms with E-state index in [1.165, 1.54) is 0 Å². The van der Waals surface area contributed by atoms with E-state index in [2.05, 4.69) is 56.9 Å². The summed E-state index contributed by atoms with van der Waals surface area (Å²) < 4.78 is 8.26. The highest BCUT2D eigenvalue weighted by Crippen LogP contribution is 2.37. The van der Waals surface area contributed by atoms with E-state index >= 15 is 0 Å². The molecule has 0 bridgehead atoms. The van der Waals surface area contributed by atoms with Crippen molar-refractivity contribution in [1.82, 2.24) is 19.4 Å². The van der Waals surface area contributed by atoms with E-state index in [-0.39, 0.29) is 0 Å². The topological polar surface area (TPSA) is 69.2 Å². The number of rotatable bonds is 5. The zero-order valence-electron chi connectivity index (χ0n) is 16.3. The first kappa shape index (κ1) is 17.7. The number of benzene rings is 2. The lowest BCUT2D eigenvalue weighted by Gasteiger charge is -2.37. The van der Waals surface area contributed by atoms with Crippen LogP contribution in [0.15, 0.2) is 67.1 Å². The van der Waals surface area contributed by atoms with Gasteiger partial charge in [0.05, 0.1) is 11.4 Å². The van der Waals surface area contributed by atoms with E-state index < -0.39 is 0 Å². The van der Waals surface area contributed by atoms with Crippen LogP contribution in [0, 0.1) is 0 Å². The molecule has 5 rings (SSSR count). The molecule has 0 saturated carbocycles. The molecule has 2 aromatic carbocycles. The lowest BCUT2D eigenvalue weighted by atomic mass is 10.1. The van der Waals surface area contributed by atoms with E-state index in [1.807, 2.05) is 30.3 Å². The summed E-state index contributed by atoms with van der Waals surface area (Å²) in [4.78, 5) is 11.1. The first-order chi connectivity index (χ1) is 14.2. The molecule has 146 valence electrons. The smallest absolute Gasteiger partial charge is 0.146 e. The number of hydrogen-bond acceptors (Lipinski definition) is 5. The van der Waals surface area contributed by atoms with Crippen LogP contribution in [-0.4, -0.2) is 39.6 Å². The number of likely N-dealkylation sites (N-methyl/N-ethyl adjacent to an activating group) is 1. The van der Waals surface area contributed by atoms with Crippen molar-refractivity contribution in [2.75, 3.05) is 25.9 Å². The van der Waals surface area contributed by atoms with Crippen molar-refractivity contribution in [2.45, 2.75) is 12.6 Å². The Bertz CT molecular complexity index is 1150. The van der Waals surface area contributed by atoms with Gasteiger partial charge in [0.1, 0.15) is 30.1 Å². The zero-order valence-corrected chi connectivity index (χ0v) is 16.3. The van der Waals surface area contributed by atoms with Gasteiger partial charge < -0.3 is 19.9 Å². The standard InChI is InChI=1S/C23H23N5O/c1-27-11-18(12-27)28-13-20(21-22(24)25-15-26-23(21)28)17-8-5-9-19(10-17)29-14-16-6-3-2-4-7-16/h2-10,13,15,18H,11-12,14H2,1H3,(H2,24,25,26). The molecule has 0 aliphatic carbocycles. The number of nitrogens with two attached hydrogens (primary N) is 1. The Balaban J connectivity index is 1.50. The summed E-state index contributed by atoms with van der Waals surface area (Å²) in [5.74, 6) is 1.33. The molecule has 4 aromatic rings. The van der Waals surface area contributed by atoms with Gasteiger partial charge in [-0.1, -0.05) is 42.5 Å². The fourth-order valence-corrected chi connectivity index (χ4v) is 3.94. The summed E-state index contributed by atoms with van der Waals surface area (Å²) in [7, 11) is 2.12. The highest BCUT2D eigenvalue weighted by Gasteiger charge is 2.28. The summed E-state index contributed by atoms with van der Waals surface area (Å²) >= 11 is 0. The van der Waals surface area contributed by atoms with Crippen molar-refractivity contribution in [3.05, 3.63) is 72.7 Å². The number of ether oxygens (including phenoxy) is 1. The highest BCUT2D eigenvalue weighted by molar-refractivity contribution is 6.00. The lowest BCUT2D eigenvalue weighted by molar-refractivity contribution is 0.143. The number of fused-ring (bicyclic) bond motifs is 1. The lowest BCUT2D eigenvalue weighted by Crippen LogP contribution is -2.44. The molecule has 1 aliphatic rings. The number of nitrogen functional groups attached to an aromatic ring is 1. The van der Waals surface area contributed by atoms with Crippen LogP contribution in [0.5, 0.6) is 5.75 Å². The van der Waals surface area contributed by atoms with Crippen LogP contribution in [0.25, 0.3) is 22.2 Å². The highest BCUT2D eigenvalue weighted by atomic mass is 16.5. The second-order valence-electron chi connectivity index (χ2n) is 7.58. The van der Waals surface area contributed by atoms with Gasteiger partial charge in [-0.3, -0.25) is 0 Å². The Morgan fingerprint density at radius 1 is 1.07 bits per heavy atom. The molecule has 0 atom stereocenters. The summed E-state index contributed by atoms with van der Waals surface area (Å²) in [6.07, 6.45) is 3.70. The largest absolute Gasteiger partial charge is 0.489 e. The van der Waals surface area contributed by atoms with Crippen molar-refractivity contribution in [3.63, 3.8) is 0 Å². The second kappa shape index (κ2) is 7.22. The molecule has 6 nitrogen and oxygen atoms in total. The predicted molar refractivity (Wildman–Crippen MR) is 115 cm³/mol. The van der Waals surface area contributed by atoms with Crippen LogP contribution in [-0.2, 0) is 6.61 Å². The molecule has 0 radical (unpaired) electrons. The third-order valence-corrected chi connectivity index (χ3v) is 5.47. The molecule has 3 heterocycles. The first-order valence-corrected chi connectivity index (χ1v) is 9.76. The Hall–Kier alpha value is -3.38. The van der Waals surface area contributed by atoms with Crippen molar-refractivity contribution < 1.29 is 4.74 Å². The van der Waals surface area contributed by atoms with Gasteiger partial charge >= 0.3 is 0 Å². The fraction of sp³-hybridized carbons (Fsp3) is 0.217. The third-order valence-electron chi connectivity index (χ3n) is 5.47. The van der Waals surface area contributed by atoms with Crippen LogP contribution in [0.3, 0.4) is 0 Å². The number of hydrogen-bond donors (Lipinski definition) is 1. The maximum Gasteiger partial charge on any atom is 0.146 e. The Labute approximate surface area is 169 Å². The predicted octanol–water partition coefficient (Wildman–Crippen LogP) is 3.75. The molecule has 1 saturated heterocycles. The van der Waals surface area contributed by atoms with Gasteiger partial charge in [0.25, 0.3) is 0 Å². The van der Waals surface area contributed by atoms with Crippen LogP contribution in [0.4, 0.5) is 5.82 Å². The molecule has 29 heavy (non-hydrogen) atoms. The average Bonchev–Trinajstić information content (AvgIpc) is 3.11. The van der Waals surface area contributed by atoms with Crippen LogP contribution >= 0.6 is 0 Å². The fourth-order valence-electron chi connectivity index (χ4n) is 3.94. The van der Waals surface area contributed by atoms with Gasteiger partial charge in [-0.25, -0.2) is 9.97 Å². The van der Waals surface area contributed by atoms with Crippen molar-refractivity contribution in [2.24, 2.45) is 0 Å². The molecule has 6 heteroatoms. The molecule has 0 spiro atoms. The number of nitrogens with zero attached hydrogens (tertiary/aromatic N) is 4. The SMILES string of the molecule is CN1CC(n2cc(-c3cccc(OCc4ccccc4)c3)c3c(N)ncnc32)C1. The van der Waals surface area contributed by atoms with E-state index in [9.17, 15) is 0 Å². The minimum atomic E-state index is 0.406.